The molecule has 136 valence electrons. The Balaban J connectivity index is 1.78. The zero-order valence-corrected chi connectivity index (χ0v) is 14.9. The molecule has 0 aliphatic carbocycles. The van der Waals surface area contributed by atoms with Gasteiger partial charge in [-0.3, -0.25) is 15.1 Å². The van der Waals surface area contributed by atoms with Crippen LogP contribution in [0.3, 0.4) is 0 Å². The summed E-state index contributed by atoms with van der Waals surface area (Å²) < 4.78 is 5.18. The van der Waals surface area contributed by atoms with Gasteiger partial charge in [0.1, 0.15) is 5.75 Å². The second-order valence-electron chi connectivity index (χ2n) is 5.70. The molecule has 3 aromatic rings. The van der Waals surface area contributed by atoms with Crippen molar-refractivity contribution in [3.8, 4) is 5.75 Å². The summed E-state index contributed by atoms with van der Waals surface area (Å²) in [5.41, 5.74) is 2.31. The van der Waals surface area contributed by atoms with Gasteiger partial charge in [-0.05, 0) is 48.0 Å². The van der Waals surface area contributed by atoms with Crippen molar-refractivity contribution in [3.05, 3.63) is 90.3 Å². The van der Waals surface area contributed by atoms with E-state index < -0.39 is 0 Å². The number of nitrogens with one attached hydrogen (secondary N) is 2. The molecular weight excluding hydrogens is 340 g/mol. The number of carbonyl (C=O) groups is 1. The van der Waals surface area contributed by atoms with Gasteiger partial charge in [-0.1, -0.05) is 24.3 Å². The average Bonchev–Trinajstić information content (AvgIpc) is 2.73. The highest BCUT2D eigenvalue weighted by Crippen LogP contribution is 2.12. The van der Waals surface area contributed by atoms with E-state index in [4.69, 9.17) is 4.74 Å². The van der Waals surface area contributed by atoms with Gasteiger partial charge in [0.15, 0.2) is 0 Å². The number of aliphatic imine (C=N–C) groups is 1. The summed E-state index contributed by atoms with van der Waals surface area (Å²) in [5.74, 6) is 0.714. The Labute approximate surface area is 157 Å². The van der Waals surface area contributed by atoms with Crippen LogP contribution in [0.1, 0.15) is 15.9 Å². The van der Waals surface area contributed by atoms with E-state index in [-0.39, 0.29) is 5.91 Å². The minimum Gasteiger partial charge on any atom is -0.497 e. The van der Waals surface area contributed by atoms with Crippen LogP contribution in [0.2, 0.25) is 0 Å². The quantitative estimate of drug-likeness (QED) is 0.539. The number of guanidine groups is 1. The van der Waals surface area contributed by atoms with Crippen LogP contribution in [-0.2, 0) is 6.54 Å². The highest BCUT2D eigenvalue weighted by Gasteiger charge is 2.10. The first-order valence-corrected chi connectivity index (χ1v) is 8.45. The van der Waals surface area contributed by atoms with Crippen LogP contribution >= 0.6 is 0 Å². The molecule has 0 radical (unpaired) electrons. The standard InChI is InChI=1S/C21H20N4O2/c1-27-19-9-5-6-17(14-19)20(26)25-21(24-18-7-3-2-4-8-18)23-15-16-10-12-22-13-11-16/h2-14H,15H2,1H3,(H2,23,24,25,26). The van der Waals surface area contributed by atoms with E-state index in [0.717, 1.165) is 11.3 Å². The monoisotopic (exact) mass is 360 g/mol. The first-order chi connectivity index (χ1) is 13.2. The summed E-state index contributed by atoms with van der Waals surface area (Å²) >= 11 is 0. The van der Waals surface area contributed by atoms with Gasteiger partial charge in [0.25, 0.3) is 5.91 Å². The van der Waals surface area contributed by atoms with Crippen molar-refractivity contribution < 1.29 is 9.53 Å². The molecule has 0 unspecified atom stereocenters. The van der Waals surface area contributed by atoms with E-state index in [2.05, 4.69) is 20.6 Å². The number of para-hydroxylation sites is 1. The molecule has 2 aromatic carbocycles. The van der Waals surface area contributed by atoms with Crippen molar-refractivity contribution in [2.75, 3.05) is 12.4 Å². The van der Waals surface area contributed by atoms with Gasteiger partial charge in [-0.25, -0.2) is 4.99 Å². The Morgan fingerprint density at radius 1 is 1.04 bits per heavy atom. The number of hydrogen-bond acceptors (Lipinski definition) is 4. The van der Waals surface area contributed by atoms with Crippen LogP contribution in [0.25, 0.3) is 0 Å². The molecule has 2 N–H and O–H groups in total. The van der Waals surface area contributed by atoms with Gasteiger partial charge in [-0.15, -0.1) is 0 Å². The molecule has 1 aromatic heterocycles. The fourth-order valence-corrected chi connectivity index (χ4v) is 2.37. The lowest BCUT2D eigenvalue weighted by Crippen LogP contribution is -2.36. The predicted molar refractivity (Wildman–Crippen MR) is 106 cm³/mol. The lowest BCUT2D eigenvalue weighted by molar-refractivity contribution is 0.0976. The van der Waals surface area contributed by atoms with Crippen LogP contribution in [0.4, 0.5) is 5.69 Å². The molecule has 0 saturated carbocycles. The number of pyridine rings is 1. The number of hydrogen-bond donors (Lipinski definition) is 2. The molecule has 1 heterocycles. The highest BCUT2D eigenvalue weighted by atomic mass is 16.5. The number of rotatable bonds is 5. The Bertz CT molecular complexity index is 912. The fourth-order valence-electron chi connectivity index (χ4n) is 2.37. The van der Waals surface area contributed by atoms with Crippen molar-refractivity contribution in [1.29, 1.82) is 0 Å². The molecule has 0 spiro atoms. The summed E-state index contributed by atoms with van der Waals surface area (Å²) in [6, 6.07) is 20.3. The topological polar surface area (TPSA) is 75.6 Å². The van der Waals surface area contributed by atoms with Crippen LogP contribution in [0, 0.1) is 0 Å². The molecule has 6 nitrogen and oxygen atoms in total. The molecule has 0 aliphatic rings. The lowest BCUT2D eigenvalue weighted by atomic mass is 10.2. The minimum absolute atomic E-state index is 0.272. The number of methoxy groups -OCH3 is 1. The van der Waals surface area contributed by atoms with Crippen LogP contribution in [0.15, 0.2) is 84.1 Å². The van der Waals surface area contributed by atoms with E-state index in [0.29, 0.717) is 23.8 Å². The number of anilines is 1. The zero-order valence-electron chi connectivity index (χ0n) is 14.9. The third-order valence-electron chi connectivity index (χ3n) is 3.77. The third kappa shape index (κ3) is 5.40. The van der Waals surface area contributed by atoms with Crippen molar-refractivity contribution in [3.63, 3.8) is 0 Å². The fraction of sp³-hybridized carbons (Fsp3) is 0.0952. The SMILES string of the molecule is COc1cccc(C(=O)NC(=NCc2ccncc2)Nc2ccccc2)c1. The summed E-state index contributed by atoms with van der Waals surface area (Å²) in [6.45, 7) is 0.413. The molecule has 0 saturated heterocycles. The predicted octanol–water partition coefficient (Wildman–Crippen LogP) is 3.49. The van der Waals surface area contributed by atoms with Crippen LogP contribution < -0.4 is 15.4 Å². The molecule has 1 amide bonds. The van der Waals surface area contributed by atoms with Gasteiger partial charge in [0, 0.05) is 23.6 Å². The highest BCUT2D eigenvalue weighted by molar-refractivity contribution is 6.10. The molecular formula is C21H20N4O2. The lowest BCUT2D eigenvalue weighted by Gasteiger charge is -2.12. The van der Waals surface area contributed by atoms with Crippen molar-refractivity contribution >= 4 is 17.6 Å². The first-order valence-electron chi connectivity index (χ1n) is 8.45. The van der Waals surface area contributed by atoms with Gasteiger partial charge < -0.3 is 10.1 Å². The Kier molecular flexibility index (Phi) is 6.14. The Morgan fingerprint density at radius 2 is 1.81 bits per heavy atom. The van der Waals surface area contributed by atoms with Gasteiger partial charge in [0.2, 0.25) is 5.96 Å². The number of ether oxygens (including phenoxy) is 1. The van der Waals surface area contributed by atoms with E-state index >= 15 is 0 Å². The van der Waals surface area contributed by atoms with Crippen molar-refractivity contribution in [1.82, 2.24) is 10.3 Å². The maximum atomic E-state index is 12.6. The summed E-state index contributed by atoms with van der Waals surface area (Å²) in [6.07, 6.45) is 3.42. The van der Waals surface area contributed by atoms with Crippen molar-refractivity contribution in [2.24, 2.45) is 4.99 Å². The average molecular weight is 360 g/mol. The molecule has 0 atom stereocenters. The summed E-state index contributed by atoms with van der Waals surface area (Å²) in [5, 5.41) is 5.98. The van der Waals surface area contributed by atoms with E-state index in [1.54, 1.807) is 43.8 Å². The number of benzene rings is 2. The Hall–Kier alpha value is -3.67. The molecule has 0 fully saturated rings. The van der Waals surface area contributed by atoms with Gasteiger partial charge in [-0.2, -0.15) is 0 Å². The molecule has 3 rings (SSSR count). The normalized spacial score (nSPS) is 10.9. The molecule has 27 heavy (non-hydrogen) atoms. The van der Waals surface area contributed by atoms with Gasteiger partial charge in [0.05, 0.1) is 13.7 Å². The third-order valence-corrected chi connectivity index (χ3v) is 3.77. The second kappa shape index (κ2) is 9.15. The second-order valence-corrected chi connectivity index (χ2v) is 5.70. The number of nitrogens with zero attached hydrogens (tertiary/aromatic N) is 2. The molecule has 0 bridgehead atoms. The van der Waals surface area contributed by atoms with E-state index in [1.165, 1.54) is 0 Å². The number of aromatic nitrogens is 1. The maximum absolute atomic E-state index is 12.6. The van der Waals surface area contributed by atoms with Crippen LogP contribution in [-0.4, -0.2) is 24.0 Å². The van der Waals surface area contributed by atoms with Gasteiger partial charge >= 0.3 is 0 Å². The summed E-state index contributed by atoms with van der Waals surface area (Å²) in [4.78, 5) is 21.1. The Morgan fingerprint density at radius 3 is 2.56 bits per heavy atom. The van der Waals surface area contributed by atoms with E-state index in [9.17, 15) is 4.79 Å². The zero-order chi connectivity index (χ0) is 18.9. The smallest absolute Gasteiger partial charge is 0.258 e. The van der Waals surface area contributed by atoms with Crippen LogP contribution in [0.5, 0.6) is 5.75 Å². The molecule has 0 aliphatic heterocycles. The van der Waals surface area contributed by atoms with E-state index in [1.807, 2.05) is 42.5 Å². The summed E-state index contributed by atoms with van der Waals surface area (Å²) in [7, 11) is 1.57. The van der Waals surface area contributed by atoms with Crippen molar-refractivity contribution in [2.45, 2.75) is 6.54 Å². The minimum atomic E-state index is -0.272. The number of carbonyl (C=O) groups excluding carboxylic acids is 1. The molecule has 6 heteroatoms. The number of amides is 1. The maximum Gasteiger partial charge on any atom is 0.258 e. The first kappa shape index (κ1) is 18.1. The largest absolute Gasteiger partial charge is 0.497 e.